The van der Waals surface area contributed by atoms with E-state index in [4.69, 9.17) is 4.74 Å². The molecule has 3 rings (SSSR count). The molecule has 214 valence electrons. The van der Waals surface area contributed by atoms with Crippen LogP contribution in [0, 0.1) is 12.7 Å². The van der Waals surface area contributed by atoms with Crippen molar-refractivity contribution in [1.82, 2.24) is 10.3 Å². The molecule has 0 radical (unpaired) electrons. The first kappa shape index (κ1) is 34.8. The number of hydrogen-bond acceptors (Lipinski definition) is 5. The minimum Gasteiger partial charge on any atom is -0.457 e. The van der Waals surface area contributed by atoms with Gasteiger partial charge in [0, 0.05) is 31.1 Å². The molecular weight excluding hydrogens is 518 g/mol. The van der Waals surface area contributed by atoms with Gasteiger partial charge in [-0.25, -0.2) is 9.18 Å². The number of anilines is 2. The molecule has 3 amide bonds. The number of benzene rings is 2. The maximum atomic E-state index is 14.4. The zero-order valence-electron chi connectivity index (χ0n) is 23.0. The highest BCUT2D eigenvalue weighted by atomic mass is 19.4. The number of rotatable bonds is 5. The van der Waals surface area contributed by atoms with Crippen molar-refractivity contribution in [3.05, 3.63) is 77.4 Å². The van der Waals surface area contributed by atoms with Crippen LogP contribution >= 0.6 is 0 Å². The number of ether oxygens (including phenoxy) is 1. The Balaban J connectivity index is 0.00000225. The molecule has 12 heteroatoms. The molecule has 3 aromatic rings. The van der Waals surface area contributed by atoms with Gasteiger partial charge in [-0.3, -0.25) is 9.78 Å². The molecule has 1 aromatic heterocycles. The maximum absolute atomic E-state index is 14.4. The summed E-state index contributed by atoms with van der Waals surface area (Å²) in [6, 6.07) is 8.83. The first-order valence-corrected chi connectivity index (χ1v) is 12.1. The number of aromatic nitrogens is 1. The van der Waals surface area contributed by atoms with Crippen molar-refractivity contribution in [2.45, 2.75) is 40.8 Å². The van der Waals surface area contributed by atoms with Crippen molar-refractivity contribution in [1.29, 1.82) is 0 Å². The molecule has 0 aliphatic rings. The molecule has 39 heavy (non-hydrogen) atoms. The normalized spacial score (nSPS) is 9.74. The predicted octanol–water partition coefficient (Wildman–Crippen LogP) is 6.97. The van der Waals surface area contributed by atoms with E-state index in [1.165, 1.54) is 63.6 Å². The number of halogens is 4. The Morgan fingerprint density at radius 1 is 0.897 bits per heavy atom. The van der Waals surface area contributed by atoms with Crippen molar-refractivity contribution in [2.75, 3.05) is 24.7 Å². The largest absolute Gasteiger partial charge is 0.457 e. The summed E-state index contributed by atoms with van der Waals surface area (Å²) in [5.74, 6) is -0.946. The van der Waals surface area contributed by atoms with E-state index in [9.17, 15) is 27.2 Å². The number of pyridine rings is 1. The predicted molar refractivity (Wildman–Crippen MR) is 146 cm³/mol. The Morgan fingerprint density at radius 3 is 2.08 bits per heavy atom. The van der Waals surface area contributed by atoms with Crippen molar-refractivity contribution >= 4 is 23.3 Å². The molecule has 0 bridgehead atoms. The molecule has 0 aliphatic carbocycles. The zero-order valence-corrected chi connectivity index (χ0v) is 23.0. The van der Waals surface area contributed by atoms with E-state index in [2.05, 4.69) is 26.7 Å². The van der Waals surface area contributed by atoms with Gasteiger partial charge in [-0.05, 0) is 49.9 Å². The molecule has 0 fully saturated rings. The molecule has 5 N–H and O–H groups in total. The molecule has 0 atom stereocenters. The van der Waals surface area contributed by atoms with Crippen molar-refractivity contribution < 1.29 is 31.9 Å². The number of nitrogens with one attached hydrogen (secondary N) is 3. The van der Waals surface area contributed by atoms with Gasteiger partial charge in [0.15, 0.2) is 0 Å². The summed E-state index contributed by atoms with van der Waals surface area (Å²) in [6.07, 6.45) is -3.22. The van der Waals surface area contributed by atoms with Crippen LogP contribution in [0.25, 0.3) is 0 Å². The maximum Gasteiger partial charge on any atom is 0.416 e. The Labute approximate surface area is 226 Å². The number of carbonyl (C=O) groups is 2. The molecular formula is C27H35F4N5O3. The number of nitrogens with two attached hydrogens (primary N) is 1. The Hall–Kier alpha value is -4.19. The van der Waals surface area contributed by atoms with E-state index < -0.39 is 29.5 Å². The fourth-order valence-electron chi connectivity index (χ4n) is 2.81. The van der Waals surface area contributed by atoms with E-state index in [1.807, 2.05) is 27.7 Å². The third-order valence-corrected chi connectivity index (χ3v) is 4.42. The van der Waals surface area contributed by atoms with Crippen molar-refractivity contribution in [3.63, 3.8) is 0 Å². The number of amides is 3. The quantitative estimate of drug-likeness (QED) is 0.255. The van der Waals surface area contributed by atoms with Crippen LogP contribution in [0.2, 0.25) is 0 Å². The summed E-state index contributed by atoms with van der Waals surface area (Å²) in [7, 11) is 2.95. The summed E-state index contributed by atoms with van der Waals surface area (Å²) in [5, 5.41) is 6.89. The molecule has 0 unspecified atom stereocenters. The molecule has 2 aromatic carbocycles. The molecule has 8 nitrogen and oxygen atoms in total. The number of nitrogens with zero attached hydrogens (tertiary/aromatic N) is 1. The zero-order chi connectivity index (χ0) is 30.2. The minimum absolute atomic E-state index is 0.00623. The molecule has 0 aliphatic heterocycles. The van der Waals surface area contributed by atoms with Crippen LogP contribution in [0.4, 0.5) is 33.7 Å². The van der Waals surface area contributed by atoms with E-state index >= 15 is 0 Å². The second-order valence-electron chi connectivity index (χ2n) is 6.81. The number of urea groups is 1. The summed E-state index contributed by atoms with van der Waals surface area (Å²) >= 11 is 0. The smallest absolute Gasteiger partial charge is 0.416 e. The Morgan fingerprint density at radius 2 is 1.51 bits per heavy atom. The summed E-state index contributed by atoms with van der Waals surface area (Å²) in [6.45, 7) is 9.30. The monoisotopic (exact) mass is 553 g/mol. The highest BCUT2D eigenvalue weighted by Crippen LogP contribution is 2.33. The van der Waals surface area contributed by atoms with Crippen LogP contribution in [0.5, 0.6) is 11.5 Å². The summed E-state index contributed by atoms with van der Waals surface area (Å²) in [4.78, 5) is 27.7. The average molecular weight is 554 g/mol. The minimum atomic E-state index is -4.57. The van der Waals surface area contributed by atoms with Gasteiger partial charge in [0.05, 0.1) is 11.3 Å². The van der Waals surface area contributed by atoms with Gasteiger partial charge in [0.2, 0.25) is 0 Å². The van der Waals surface area contributed by atoms with Crippen molar-refractivity contribution in [2.24, 2.45) is 5.73 Å². The second-order valence-corrected chi connectivity index (χ2v) is 6.81. The van der Waals surface area contributed by atoms with E-state index in [-0.39, 0.29) is 34.1 Å². The molecule has 1 heterocycles. The van der Waals surface area contributed by atoms with Crippen LogP contribution in [0.3, 0.4) is 0 Å². The van der Waals surface area contributed by atoms with Crippen LogP contribution < -0.4 is 26.4 Å². The fourth-order valence-corrected chi connectivity index (χ4v) is 2.81. The van der Waals surface area contributed by atoms with Gasteiger partial charge in [-0.2, -0.15) is 13.2 Å². The van der Waals surface area contributed by atoms with E-state index in [0.717, 1.165) is 12.1 Å². The Kier molecular flexibility index (Phi) is 15.5. The Bertz CT molecular complexity index is 1200. The number of carbonyl (C=O) groups excluding carboxylic acids is 2. The molecule has 0 saturated heterocycles. The summed E-state index contributed by atoms with van der Waals surface area (Å²) < 4.78 is 59.0. The highest BCUT2D eigenvalue weighted by molar-refractivity contribution is 6.00. The average Bonchev–Trinajstić information content (AvgIpc) is 2.93. The van der Waals surface area contributed by atoms with Crippen molar-refractivity contribution in [3.8, 4) is 11.5 Å². The van der Waals surface area contributed by atoms with Gasteiger partial charge in [0.25, 0.3) is 5.91 Å². The van der Waals surface area contributed by atoms with E-state index in [0.29, 0.717) is 0 Å². The van der Waals surface area contributed by atoms with Gasteiger partial charge in [-0.1, -0.05) is 33.8 Å². The lowest BCUT2D eigenvalue weighted by Crippen LogP contribution is -2.20. The summed E-state index contributed by atoms with van der Waals surface area (Å²) in [5.41, 5.74) is 3.41. The SMILES string of the molecule is CC.CC.CN.CNC(=O)c1cc(Oc2ccc(NC(=O)Nc3ccc(C)c(C(F)(F)F)c3)c(F)c2)ccn1. The highest BCUT2D eigenvalue weighted by Gasteiger charge is 2.32. The van der Waals surface area contributed by atoms with Gasteiger partial charge in [-0.15, -0.1) is 0 Å². The van der Waals surface area contributed by atoms with E-state index in [1.54, 1.807) is 0 Å². The first-order valence-electron chi connectivity index (χ1n) is 12.1. The van der Waals surface area contributed by atoms with Crippen LogP contribution in [-0.4, -0.2) is 31.0 Å². The second kappa shape index (κ2) is 17.3. The van der Waals surface area contributed by atoms with Crippen LogP contribution in [-0.2, 0) is 6.18 Å². The van der Waals surface area contributed by atoms with Gasteiger partial charge in [0.1, 0.15) is 23.0 Å². The third-order valence-electron chi connectivity index (χ3n) is 4.42. The van der Waals surface area contributed by atoms with Crippen LogP contribution in [0.15, 0.2) is 54.7 Å². The molecule has 0 spiro atoms. The fraction of sp³-hybridized carbons (Fsp3) is 0.296. The number of hydrogen-bond donors (Lipinski definition) is 4. The third kappa shape index (κ3) is 11.0. The lowest BCUT2D eigenvalue weighted by Gasteiger charge is -2.14. The van der Waals surface area contributed by atoms with Gasteiger partial charge >= 0.3 is 12.2 Å². The number of alkyl halides is 3. The van der Waals surface area contributed by atoms with Crippen LogP contribution in [0.1, 0.15) is 49.3 Å². The lowest BCUT2D eigenvalue weighted by atomic mass is 10.1. The van der Waals surface area contributed by atoms with Gasteiger partial charge < -0.3 is 26.4 Å². The number of aryl methyl sites for hydroxylation is 1. The topological polar surface area (TPSA) is 118 Å². The molecule has 0 saturated carbocycles. The first-order chi connectivity index (χ1) is 18.6. The lowest BCUT2D eigenvalue weighted by molar-refractivity contribution is -0.138. The standard InChI is InChI=1S/C22H18F4N4O3.2C2H6.CH5N/c1-12-3-4-13(9-16(12)22(24,25)26)29-21(32)30-18-6-5-14(10-17(18)23)33-15-7-8-28-19(11-15)20(31)27-2;3*1-2/h3-11H,1-2H3,(H,27,31)(H2,29,30,32);2*1-2H3;2H2,1H3.